The Morgan fingerprint density at radius 2 is 1.49 bits per heavy atom. The molecule has 0 atom stereocenters. The summed E-state index contributed by atoms with van der Waals surface area (Å²) < 4.78 is 49.0. The van der Waals surface area contributed by atoms with Gasteiger partial charge in [-0.25, -0.2) is 4.79 Å². The van der Waals surface area contributed by atoms with Crippen LogP contribution >= 0.6 is 0 Å². The summed E-state index contributed by atoms with van der Waals surface area (Å²) in [6.07, 6.45) is 0.442. The van der Waals surface area contributed by atoms with Gasteiger partial charge in [-0.2, -0.15) is 0 Å². The summed E-state index contributed by atoms with van der Waals surface area (Å²) in [5.41, 5.74) is 6.69. The van der Waals surface area contributed by atoms with E-state index in [2.05, 4.69) is 21.2 Å². The number of ether oxygens (including phenoxy) is 2. The van der Waals surface area contributed by atoms with E-state index < -0.39 is 17.9 Å². The van der Waals surface area contributed by atoms with Crippen LogP contribution in [0.5, 0.6) is 5.75 Å². The van der Waals surface area contributed by atoms with Crippen molar-refractivity contribution in [1.29, 1.82) is 0 Å². The van der Waals surface area contributed by atoms with Gasteiger partial charge in [0, 0.05) is 35.2 Å². The number of allylic oxidation sites excluding steroid dienone is 3. The number of nitrogens with zero attached hydrogens (tertiary/aromatic N) is 1. The van der Waals surface area contributed by atoms with E-state index in [1.165, 1.54) is 24.3 Å². The van der Waals surface area contributed by atoms with E-state index in [-0.39, 0.29) is 18.2 Å². The van der Waals surface area contributed by atoms with Gasteiger partial charge in [-0.3, -0.25) is 4.79 Å². The van der Waals surface area contributed by atoms with Crippen LogP contribution in [0.2, 0.25) is 0 Å². The van der Waals surface area contributed by atoms with Crippen LogP contribution in [0.1, 0.15) is 79.8 Å². The summed E-state index contributed by atoms with van der Waals surface area (Å²) >= 11 is 0. The molecule has 0 radical (unpaired) electrons. The smallest absolute Gasteiger partial charge is 0.456 e. The number of esters is 1. The molecule has 260 valence electrons. The van der Waals surface area contributed by atoms with Crippen molar-refractivity contribution >= 4 is 28.4 Å². The predicted molar refractivity (Wildman–Crippen MR) is 190 cm³/mol. The van der Waals surface area contributed by atoms with Crippen LogP contribution < -0.4 is 10.1 Å². The third-order valence-corrected chi connectivity index (χ3v) is 7.60. The fourth-order valence-electron chi connectivity index (χ4n) is 5.24. The zero-order valence-electron chi connectivity index (χ0n) is 29.4. The number of carbonyl (C=O) groups is 2. The Balaban J connectivity index is 0.00000319. The summed E-state index contributed by atoms with van der Waals surface area (Å²) in [7, 11) is 0. The number of amides is 1. The van der Waals surface area contributed by atoms with Crippen LogP contribution in [-0.4, -0.2) is 28.4 Å². The maximum absolute atomic E-state index is 13.0. The monoisotopic (exact) mass is 674 g/mol. The van der Waals surface area contributed by atoms with Gasteiger partial charge in [0.15, 0.2) is 0 Å². The van der Waals surface area contributed by atoms with Gasteiger partial charge in [0.2, 0.25) is 0 Å². The van der Waals surface area contributed by atoms with Gasteiger partial charge in [0.05, 0.1) is 5.57 Å². The van der Waals surface area contributed by atoms with Crippen molar-refractivity contribution in [2.45, 2.75) is 80.4 Å². The van der Waals surface area contributed by atoms with E-state index in [0.29, 0.717) is 23.2 Å². The lowest BCUT2D eigenvalue weighted by atomic mass is 9.96. The second-order valence-electron chi connectivity index (χ2n) is 12.1. The van der Waals surface area contributed by atoms with Crippen LogP contribution in [0, 0.1) is 13.8 Å². The maximum atomic E-state index is 13.0. The lowest BCUT2D eigenvalue weighted by molar-refractivity contribution is -0.274. The van der Waals surface area contributed by atoms with Crippen molar-refractivity contribution in [1.82, 2.24) is 9.88 Å². The highest BCUT2D eigenvalue weighted by atomic mass is 19.4. The third kappa shape index (κ3) is 10.2. The highest BCUT2D eigenvalue weighted by Crippen LogP contribution is 2.30. The number of benzene rings is 3. The van der Waals surface area contributed by atoms with Crippen molar-refractivity contribution in [3.8, 4) is 5.75 Å². The molecule has 0 saturated heterocycles. The molecule has 9 heteroatoms. The lowest BCUT2D eigenvalue weighted by Gasteiger charge is -2.21. The topological polar surface area (TPSA) is 69.6 Å². The molecule has 1 heterocycles. The summed E-state index contributed by atoms with van der Waals surface area (Å²) in [4.78, 5) is 25.9. The van der Waals surface area contributed by atoms with E-state index in [1.807, 2.05) is 84.9 Å². The quantitative estimate of drug-likeness (QED) is 0.103. The first-order valence-electron chi connectivity index (χ1n) is 16.1. The van der Waals surface area contributed by atoms with Crippen LogP contribution in [-0.2, 0) is 22.6 Å². The molecule has 4 aromatic rings. The highest BCUT2D eigenvalue weighted by molar-refractivity contribution is 6.06. The van der Waals surface area contributed by atoms with Gasteiger partial charge >= 0.3 is 12.3 Å². The molecule has 0 aliphatic heterocycles. The van der Waals surface area contributed by atoms with Crippen molar-refractivity contribution in [2.24, 2.45) is 0 Å². The van der Waals surface area contributed by atoms with E-state index in [9.17, 15) is 22.8 Å². The van der Waals surface area contributed by atoms with Gasteiger partial charge in [0.1, 0.15) is 11.4 Å². The summed E-state index contributed by atoms with van der Waals surface area (Å²) in [5.74, 6) is -1.01. The lowest BCUT2D eigenvalue weighted by Crippen LogP contribution is -2.25. The molecule has 1 aromatic heterocycles. The fourth-order valence-corrected chi connectivity index (χ4v) is 5.24. The fraction of sp³-hybridized carbons (Fsp3) is 0.300. The predicted octanol–water partition coefficient (Wildman–Crippen LogP) is 10.0. The molecule has 0 aliphatic rings. The van der Waals surface area contributed by atoms with Crippen LogP contribution in [0.25, 0.3) is 16.5 Å². The second kappa shape index (κ2) is 16.4. The number of nitrogens with one attached hydrogen (secondary N) is 1. The van der Waals surface area contributed by atoms with Gasteiger partial charge in [-0.1, -0.05) is 75.1 Å². The normalized spacial score (nSPS) is 12.2. The highest BCUT2D eigenvalue weighted by Gasteiger charge is 2.31. The molecule has 0 fully saturated rings. The largest absolute Gasteiger partial charge is 0.573 e. The summed E-state index contributed by atoms with van der Waals surface area (Å²) in [6, 6.07) is 18.9. The molecule has 1 N–H and O–H groups in total. The van der Waals surface area contributed by atoms with Crippen molar-refractivity contribution in [3.63, 3.8) is 0 Å². The van der Waals surface area contributed by atoms with E-state index in [4.69, 9.17) is 4.74 Å². The molecular weight excluding hydrogens is 629 g/mol. The first kappa shape index (κ1) is 38.4. The molecular formula is C40H45F3N2O4. The summed E-state index contributed by atoms with van der Waals surface area (Å²) in [5, 5.41) is 3.78. The van der Waals surface area contributed by atoms with Gasteiger partial charge in [-0.05, 0) is 99.7 Å². The average Bonchev–Trinajstić information content (AvgIpc) is 3.28. The Kier molecular flexibility index (Phi) is 12.8. The first-order valence-corrected chi connectivity index (χ1v) is 16.1. The Hall–Kier alpha value is -5.05. The SMILES string of the molecule is C=C/C=C(\C(=C/C)C(=O)OC(C)(C)C)c1ccc(Cn2c(C)c(C)c3cc(C(=O)NCc4ccc(OC(F)(F)F)cc4)ccc32)cc1.CC. The molecule has 0 aliphatic carbocycles. The Labute approximate surface area is 286 Å². The average molecular weight is 675 g/mol. The second-order valence-corrected chi connectivity index (χ2v) is 12.1. The molecule has 1 amide bonds. The zero-order valence-corrected chi connectivity index (χ0v) is 29.4. The molecule has 3 aromatic carbocycles. The number of rotatable bonds is 10. The number of aryl methyl sites for hydroxylation is 1. The first-order chi connectivity index (χ1) is 23.1. The van der Waals surface area contributed by atoms with E-state index >= 15 is 0 Å². The van der Waals surface area contributed by atoms with Gasteiger partial charge < -0.3 is 19.4 Å². The standard InChI is InChI=1S/C38H39F3N2O4.C2H6/c1-8-10-32(31(9-2)36(45)47-37(5,6)7)28-15-11-27(12-16-28)23-43-25(4)24(3)33-21-29(17-20-34(33)43)35(44)42-22-26-13-18-30(19-14-26)46-38(39,40)41;1-2/h8-21H,1,22-23H2,2-7H3,(H,42,44);1-2H3/b31-9+,32-10-;. The molecule has 0 spiro atoms. The Morgan fingerprint density at radius 1 is 0.898 bits per heavy atom. The number of hydrogen-bond acceptors (Lipinski definition) is 4. The van der Waals surface area contributed by atoms with E-state index in [1.54, 1.807) is 31.2 Å². The minimum absolute atomic E-state index is 0.148. The third-order valence-electron chi connectivity index (χ3n) is 7.60. The molecule has 0 bridgehead atoms. The molecule has 49 heavy (non-hydrogen) atoms. The van der Waals surface area contributed by atoms with Gasteiger partial charge in [0.25, 0.3) is 5.91 Å². The molecule has 4 rings (SSSR count). The molecule has 6 nitrogen and oxygen atoms in total. The minimum Gasteiger partial charge on any atom is -0.456 e. The minimum atomic E-state index is -4.76. The number of halogens is 3. The van der Waals surface area contributed by atoms with Crippen LogP contribution in [0.3, 0.4) is 0 Å². The number of aromatic nitrogens is 1. The number of fused-ring (bicyclic) bond motifs is 1. The number of hydrogen-bond donors (Lipinski definition) is 1. The molecule has 0 saturated carbocycles. The van der Waals surface area contributed by atoms with Gasteiger partial charge in [-0.15, -0.1) is 13.2 Å². The Bertz CT molecular complexity index is 1840. The maximum Gasteiger partial charge on any atom is 0.573 e. The van der Waals surface area contributed by atoms with Crippen molar-refractivity contribution < 1.29 is 32.2 Å². The van der Waals surface area contributed by atoms with Crippen molar-refractivity contribution in [3.05, 3.63) is 131 Å². The Morgan fingerprint density at radius 3 is 2.04 bits per heavy atom. The van der Waals surface area contributed by atoms with Crippen molar-refractivity contribution in [2.75, 3.05) is 0 Å². The number of alkyl halides is 3. The number of carbonyl (C=O) groups excluding carboxylic acids is 2. The summed E-state index contributed by atoms with van der Waals surface area (Å²) in [6.45, 7) is 19.9. The van der Waals surface area contributed by atoms with Crippen LogP contribution in [0.4, 0.5) is 13.2 Å². The molecule has 0 unspecified atom stereocenters. The van der Waals surface area contributed by atoms with E-state index in [0.717, 1.165) is 38.9 Å². The van der Waals surface area contributed by atoms with Crippen LogP contribution in [0.15, 0.2) is 97.1 Å². The zero-order chi connectivity index (χ0) is 36.5.